The van der Waals surface area contributed by atoms with E-state index in [2.05, 4.69) is 13.8 Å². The Kier molecular flexibility index (Phi) is 7.31. The van der Waals surface area contributed by atoms with E-state index in [0.717, 1.165) is 36.8 Å². The van der Waals surface area contributed by atoms with Crippen molar-refractivity contribution in [2.24, 2.45) is 5.92 Å². The van der Waals surface area contributed by atoms with Crippen molar-refractivity contribution < 1.29 is 14.6 Å². The lowest BCUT2D eigenvalue weighted by Crippen LogP contribution is -2.10. The number of hydrogen-bond donors (Lipinski definition) is 0. The summed E-state index contributed by atoms with van der Waals surface area (Å²) in [5.41, 5.74) is 2.57. The van der Waals surface area contributed by atoms with Crippen molar-refractivity contribution in [2.45, 2.75) is 53.4 Å². The first kappa shape index (κ1) is 16.7. The molecule has 1 atom stereocenters. The molecule has 0 bridgehead atoms. The minimum Gasteiger partial charge on any atom is -0.292 e. The molecule has 0 N–H and O–H groups in total. The minimum atomic E-state index is -0.441. The first-order valence-corrected chi connectivity index (χ1v) is 7.36. The highest BCUT2D eigenvalue weighted by atomic mass is 17.2. The van der Waals surface area contributed by atoms with Gasteiger partial charge in [0, 0.05) is 0 Å². The van der Waals surface area contributed by atoms with E-state index in [-0.39, 0.29) is 0 Å². The maximum absolute atomic E-state index is 11.9. The molecule has 0 spiro atoms. The van der Waals surface area contributed by atoms with Crippen LogP contribution in [0.2, 0.25) is 0 Å². The highest BCUT2D eigenvalue weighted by Gasteiger charge is 2.13. The van der Waals surface area contributed by atoms with Gasteiger partial charge in [-0.3, -0.25) is 4.89 Å². The Balaban J connectivity index is 2.42. The molecule has 0 amide bonds. The summed E-state index contributed by atoms with van der Waals surface area (Å²) in [5, 5.41) is 0. The van der Waals surface area contributed by atoms with Crippen LogP contribution in [-0.2, 0) is 9.78 Å². The molecule has 0 aliphatic rings. The van der Waals surface area contributed by atoms with Crippen molar-refractivity contribution >= 4 is 5.97 Å². The monoisotopic (exact) mass is 277 g/mol. The molecule has 3 heteroatoms. The van der Waals surface area contributed by atoms with E-state index in [4.69, 9.17) is 9.78 Å². The highest BCUT2D eigenvalue weighted by molar-refractivity contribution is 5.90. The van der Waals surface area contributed by atoms with Gasteiger partial charge in [-0.2, -0.15) is 4.89 Å². The van der Waals surface area contributed by atoms with Crippen molar-refractivity contribution in [2.75, 3.05) is 0 Å². The molecule has 0 fully saturated rings. The summed E-state index contributed by atoms with van der Waals surface area (Å²) in [6, 6.07) is 5.62. The molecule has 111 valence electrons. The summed E-state index contributed by atoms with van der Waals surface area (Å²) in [6.45, 7) is 9.78. The molecule has 0 aromatic heterocycles. The zero-order chi connectivity index (χ0) is 15.0. The van der Waals surface area contributed by atoms with Gasteiger partial charge in [0.05, 0.1) is 5.56 Å². The number of unbranched alkanes of at least 4 members (excludes halogenated alkanes) is 1. The van der Waals surface area contributed by atoms with Crippen molar-refractivity contribution in [1.82, 2.24) is 0 Å². The zero-order valence-corrected chi connectivity index (χ0v) is 12.9. The van der Waals surface area contributed by atoms with E-state index < -0.39 is 5.97 Å². The number of aryl methyl sites for hydroxylation is 2. The van der Waals surface area contributed by atoms with Gasteiger partial charge in [-0.1, -0.05) is 50.8 Å². The Morgan fingerprint density at radius 1 is 1.30 bits per heavy atom. The van der Waals surface area contributed by atoms with Crippen LogP contribution in [0.15, 0.2) is 18.2 Å². The lowest BCUT2D eigenvalue weighted by molar-refractivity contribution is -0.219. The molecule has 1 rings (SSSR count). The van der Waals surface area contributed by atoms with Gasteiger partial charge in [-0.15, -0.1) is 0 Å². The van der Waals surface area contributed by atoms with Crippen LogP contribution in [0.1, 0.15) is 61.0 Å². The van der Waals surface area contributed by atoms with Crippen LogP contribution in [0.4, 0.5) is 0 Å². The van der Waals surface area contributed by atoms with Crippen molar-refractivity contribution in [3.8, 4) is 0 Å². The van der Waals surface area contributed by atoms with E-state index in [1.54, 1.807) is 12.7 Å². The van der Waals surface area contributed by atoms with Crippen LogP contribution in [-0.4, -0.2) is 5.97 Å². The molecule has 0 saturated carbocycles. The van der Waals surface area contributed by atoms with Gasteiger partial charge in [-0.05, 0) is 37.8 Å². The third-order valence-corrected chi connectivity index (χ3v) is 3.43. The number of hydrogen-bond acceptors (Lipinski definition) is 3. The van der Waals surface area contributed by atoms with Crippen LogP contribution in [0, 0.1) is 26.4 Å². The van der Waals surface area contributed by atoms with Crippen LogP contribution >= 0.6 is 0 Å². The van der Waals surface area contributed by atoms with E-state index in [9.17, 15) is 4.79 Å². The second kappa shape index (κ2) is 8.75. The second-order valence-electron chi connectivity index (χ2n) is 5.23. The Morgan fingerprint density at radius 3 is 2.65 bits per heavy atom. The third-order valence-electron chi connectivity index (χ3n) is 3.43. The largest absolute Gasteiger partial charge is 0.373 e. The normalized spacial score (nSPS) is 12.2. The Morgan fingerprint density at radius 2 is 2.05 bits per heavy atom. The summed E-state index contributed by atoms with van der Waals surface area (Å²) < 4.78 is 0. The summed E-state index contributed by atoms with van der Waals surface area (Å²) in [4.78, 5) is 21.8. The molecular weight excluding hydrogens is 252 g/mol. The number of carbonyl (C=O) groups is 1. The van der Waals surface area contributed by atoms with Crippen molar-refractivity contribution in [3.05, 3.63) is 41.5 Å². The molecular formula is C17H25O3. The van der Waals surface area contributed by atoms with Gasteiger partial charge < -0.3 is 0 Å². The molecule has 3 nitrogen and oxygen atoms in total. The third kappa shape index (κ3) is 5.33. The van der Waals surface area contributed by atoms with Gasteiger partial charge in [0.15, 0.2) is 0 Å². The van der Waals surface area contributed by atoms with Crippen molar-refractivity contribution in [1.29, 1.82) is 0 Å². The maximum atomic E-state index is 11.9. The zero-order valence-electron chi connectivity index (χ0n) is 12.9. The highest BCUT2D eigenvalue weighted by Crippen LogP contribution is 2.17. The number of benzene rings is 1. The smallest absolute Gasteiger partial charge is 0.292 e. The number of rotatable bonds is 8. The first-order valence-electron chi connectivity index (χ1n) is 7.36. The van der Waals surface area contributed by atoms with E-state index in [0.29, 0.717) is 11.5 Å². The van der Waals surface area contributed by atoms with E-state index in [1.165, 1.54) is 0 Å². The fraction of sp³-hybridized carbons (Fsp3) is 0.529. The molecule has 1 aromatic rings. The SMILES string of the molecule is CCCCC([CH]OOC(=O)c1ccc(C)cc1C)CC. The molecule has 0 aliphatic heterocycles. The van der Waals surface area contributed by atoms with Crippen molar-refractivity contribution in [3.63, 3.8) is 0 Å². The van der Waals surface area contributed by atoms with Gasteiger partial charge in [0.25, 0.3) is 0 Å². The molecule has 0 saturated heterocycles. The van der Waals surface area contributed by atoms with E-state index >= 15 is 0 Å². The predicted molar refractivity (Wildman–Crippen MR) is 80.0 cm³/mol. The van der Waals surface area contributed by atoms with Crippen LogP contribution < -0.4 is 0 Å². The average molecular weight is 277 g/mol. The summed E-state index contributed by atoms with van der Waals surface area (Å²) in [6.07, 6.45) is 4.37. The molecule has 1 radical (unpaired) electrons. The summed E-state index contributed by atoms with van der Waals surface area (Å²) >= 11 is 0. The maximum Gasteiger partial charge on any atom is 0.373 e. The number of carbonyl (C=O) groups excluding carboxylic acids is 1. The molecule has 1 aromatic carbocycles. The summed E-state index contributed by atoms with van der Waals surface area (Å²) in [5.74, 6) is -0.106. The van der Waals surface area contributed by atoms with Gasteiger partial charge in [-0.25, -0.2) is 4.79 Å². The molecule has 0 heterocycles. The molecule has 20 heavy (non-hydrogen) atoms. The fourth-order valence-corrected chi connectivity index (χ4v) is 2.07. The van der Waals surface area contributed by atoms with Gasteiger partial charge in [0.2, 0.25) is 0 Å². The van der Waals surface area contributed by atoms with Crippen LogP contribution in [0.3, 0.4) is 0 Å². The second-order valence-corrected chi connectivity index (χ2v) is 5.23. The standard InChI is InChI=1S/C17H25O3/c1-5-7-8-15(6-2)12-19-20-17(18)16-10-9-13(3)11-14(16)4/h9-12,15H,5-8H2,1-4H3. The lowest BCUT2D eigenvalue weighted by Gasteiger charge is -2.13. The average Bonchev–Trinajstić information content (AvgIpc) is 2.42. The fourth-order valence-electron chi connectivity index (χ4n) is 2.07. The Hall–Kier alpha value is -1.35. The van der Waals surface area contributed by atoms with Gasteiger partial charge in [0.1, 0.15) is 6.61 Å². The first-order chi connectivity index (χ1) is 9.58. The molecule has 1 unspecified atom stereocenters. The van der Waals surface area contributed by atoms with E-state index in [1.807, 2.05) is 26.0 Å². The summed E-state index contributed by atoms with van der Waals surface area (Å²) in [7, 11) is 0. The van der Waals surface area contributed by atoms with Gasteiger partial charge >= 0.3 is 5.97 Å². The lowest BCUT2D eigenvalue weighted by atomic mass is 10.0. The van der Waals surface area contributed by atoms with Crippen LogP contribution in [0.5, 0.6) is 0 Å². The Labute approximate surface area is 122 Å². The quantitative estimate of drug-likeness (QED) is 0.507. The van der Waals surface area contributed by atoms with Crippen LogP contribution in [0.25, 0.3) is 0 Å². The topological polar surface area (TPSA) is 35.5 Å². The minimum absolute atomic E-state index is 0.335. The predicted octanol–water partition coefficient (Wildman–Crippen LogP) is 4.77. The Bertz CT molecular complexity index is 426. The molecule has 0 aliphatic carbocycles.